The Morgan fingerprint density at radius 3 is 3.05 bits per heavy atom. The fourth-order valence-corrected chi connectivity index (χ4v) is 3.41. The van der Waals surface area contributed by atoms with Gasteiger partial charge in [-0.25, -0.2) is 0 Å². The molecule has 2 atom stereocenters. The average Bonchev–Trinajstić information content (AvgIpc) is 2.82. The van der Waals surface area contributed by atoms with Gasteiger partial charge in [0.2, 0.25) is 0 Å². The van der Waals surface area contributed by atoms with Crippen LogP contribution in [0.2, 0.25) is 0 Å². The maximum Gasteiger partial charge on any atom is 0.166 e. The molecule has 0 aromatic carbocycles. The van der Waals surface area contributed by atoms with E-state index in [0.29, 0.717) is 12.1 Å². The van der Waals surface area contributed by atoms with Gasteiger partial charge in [0, 0.05) is 38.4 Å². The number of hydrogen-bond acceptors (Lipinski definition) is 3. The van der Waals surface area contributed by atoms with Crippen LogP contribution in [0.5, 0.6) is 0 Å². The molecule has 2 rings (SSSR count). The molecule has 0 aromatic rings. The zero-order valence-corrected chi connectivity index (χ0v) is 12.8. The van der Waals surface area contributed by atoms with Crippen molar-refractivity contribution in [1.82, 2.24) is 15.5 Å². The van der Waals surface area contributed by atoms with E-state index in [2.05, 4.69) is 15.5 Å². The van der Waals surface area contributed by atoms with Crippen molar-refractivity contribution in [2.45, 2.75) is 51.1 Å². The second-order valence-corrected chi connectivity index (χ2v) is 5.85. The normalized spacial score (nSPS) is 27.0. The molecule has 19 heavy (non-hydrogen) atoms. The van der Waals surface area contributed by atoms with Gasteiger partial charge in [0.1, 0.15) is 0 Å². The smallest absolute Gasteiger partial charge is 0.166 e. The summed E-state index contributed by atoms with van der Waals surface area (Å²) in [5.74, 6) is 0. The van der Waals surface area contributed by atoms with E-state index in [4.69, 9.17) is 17.0 Å². The molecule has 0 bridgehead atoms. The first-order valence-electron chi connectivity index (χ1n) is 7.67. The lowest BCUT2D eigenvalue weighted by Gasteiger charge is -2.33. The largest absolute Gasteiger partial charge is 0.382 e. The first-order valence-corrected chi connectivity index (χ1v) is 8.08. The lowest BCUT2D eigenvalue weighted by molar-refractivity contribution is 0.145. The number of thiocarbonyl (C=S) groups is 1. The summed E-state index contributed by atoms with van der Waals surface area (Å²) in [5, 5.41) is 7.61. The third-order valence-electron chi connectivity index (χ3n) is 4.13. The molecule has 2 aliphatic heterocycles. The van der Waals surface area contributed by atoms with Crippen molar-refractivity contribution in [2.75, 3.05) is 32.8 Å². The van der Waals surface area contributed by atoms with Crippen LogP contribution in [0.15, 0.2) is 0 Å². The highest BCUT2D eigenvalue weighted by molar-refractivity contribution is 7.80. The van der Waals surface area contributed by atoms with Crippen LogP contribution < -0.4 is 10.6 Å². The van der Waals surface area contributed by atoms with Crippen molar-refractivity contribution < 1.29 is 4.74 Å². The minimum atomic E-state index is 0.548. The first-order chi connectivity index (χ1) is 9.31. The molecule has 110 valence electrons. The Morgan fingerprint density at radius 2 is 2.21 bits per heavy atom. The SMILES string of the molecule is CCOCCCNC(=S)NC1CCN2CCCCC12. The summed E-state index contributed by atoms with van der Waals surface area (Å²) < 4.78 is 5.31. The van der Waals surface area contributed by atoms with Crippen LogP contribution >= 0.6 is 12.2 Å². The molecule has 2 N–H and O–H groups in total. The van der Waals surface area contributed by atoms with Crippen molar-refractivity contribution in [1.29, 1.82) is 0 Å². The summed E-state index contributed by atoms with van der Waals surface area (Å²) in [7, 11) is 0. The molecular formula is C14H27N3OS. The van der Waals surface area contributed by atoms with E-state index in [1.54, 1.807) is 0 Å². The topological polar surface area (TPSA) is 36.5 Å². The number of rotatable bonds is 6. The third-order valence-corrected chi connectivity index (χ3v) is 4.39. The predicted molar refractivity (Wildman–Crippen MR) is 82.5 cm³/mol. The van der Waals surface area contributed by atoms with Crippen LogP contribution in [0.3, 0.4) is 0 Å². The molecular weight excluding hydrogens is 258 g/mol. The molecule has 0 aliphatic carbocycles. The first kappa shape index (κ1) is 15.0. The van der Waals surface area contributed by atoms with Gasteiger partial charge in [-0.05, 0) is 51.4 Å². The van der Waals surface area contributed by atoms with Crippen LogP contribution in [0, 0.1) is 0 Å². The Bertz CT molecular complexity index is 288. The molecule has 2 unspecified atom stereocenters. The minimum Gasteiger partial charge on any atom is -0.382 e. The van der Waals surface area contributed by atoms with Gasteiger partial charge in [-0.2, -0.15) is 0 Å². The summed E-state index contributed by atoms with van der Waals surface area (Å²) in [6, 6.07) is 1.25. The summed E-state index contributed by atoms with van der Waals surface area (Å²) in [4.78, 5) is 2.62. The van der Waals surface area contributed by atoms with Crippen LogP contribution in [0.25, 0.3) is 0 Å². The van der Waals surface area contributed by atoms with E-state index >= 15 is 0 Å². The summed E-state index contributed by atoms with van der Waals surface area (Å²) in [6.07, 6.45) is 6.29. The van der Waals surface area contributed by atoms with Crippen molar-refractivity contribution in [3.63, 3.8) is 0 Å². The van der Waals surface area contributed by atoms with Gasteiger partial charge in [0.05, 0.1) is 0 Å². The number of ether oxygens (including phenoxy) is 1. The summed E-state index contributed by atoms with van der Waals surface area (Å²) in [6.45, 7) is 7.03. The summed E-state index contributed by atoms with van der Waals surface area (Å²) >= 11 is 5.38. The maximum atomic E-state index is 5.38. The monoisotopic (exact) mass is 285 g/mol. The fourth-order valence-electron chi connectivity index (χ4n) is 3.16. The number of hydrogen-bond donors (Lipinski definition) is 2. The highest BCUT2D eigenvalue weighted by Gasteiger charge is 2.35. The van der Waals surface area contributed by atoms with Gasteiger partial charge < -0.3 is 15.4 Å². The van der Waals surface area contributed by atoms with Crippen LogP contribution in [0.1, 0.15) is 39.0 Å². The van der Waals surface area contributed by atoms with E-state index < -0.39 is 0 Å². The number of nitrogens with zero attached hydrogens (tertiary/aromatic N) is 1. The quantitative estimate of drug-likeness (QED) is 0.571. The third kappa shape index (κ3) is 4.58. The van der Waals surface area contributed by atoms with Gasteiger partial charge >= 0.3 is 0 Å². The van der Waals surface area contributed by atoms with Crippen molar-refractivity contribution >= 4 is 17.3 Å². The fraction of sp³-hybridized carbons (Fsp3) is 0.929. The van der Waals surface area contributed by atoms with Gasteiger partial charge in [-0.15, -0.1) is 0 Å². The summed E-state index contributed by atoms with van der Waals surface area (Å²) in [5.41, 5.74) is 0. The highest BCUT2D eigenvalue weighted by Crippen LogP contribution is 2.26. The maximum absolute atomic E-state index is 5.38. The molecule has 2 aliphatic rings. The Labute approximate surface area is 122 Å². The van der Waals surface area contributed by atoms with Gasteiger partial charge in [0.25, 0.3) is 0 Å². The van der Waals surface area contributed by atoms with E-state index in [1.165, 1.54) is 38.8 Å². The molecule has 0 amide bonds. The molecule has 4 nitrogen and oxygen atoms in total. The van der Waals surface area contributed by atoms with Crippen LogP contribution in [-0.2, 0) is 4.74 Å². The lowest BCUT2D eigenvalue weighted by Crippen LogP contribution is -2.49. The predicted octanol–water partition coefficient (Wildman–Crippen LogP) is 1.50. The van der Waals surface area contributed by atoms with Crippen molar-refractivity contribution in [2.24, 2.45) is 0 Å². The van der Waals surface area contributed by atoms with E-state index in [0.717, 1.165) is 31.3 Å². The number of fused-ring (bicyclic) bond motifs is 1. The van der Waals surface area contributed by atoms with Gasteiger partial charge in [-0.1, -0.05) is 6.42 Å². The zero-order valence-electron chi connectivity index (χ0n) is 12.0. The second-order valence-electron chi connectivity index (χ2n) is 5.44. The van der Waals surface area contributed by atoms with Gasteiger partial charge in [0.15, 0.2) is 5.11 Å². The van der Waals surface area contributed by atoms with Gasteiger partial charge in [-0.3, -0.25) is 4.90 Å². The molecule has 0 saturated carbocycles. The molecule has 2 saturated heterocycles. The Kier molecular flexibility index (Phi) is 6.34. The standard InChI is InChI=1S/C14H27N3OS/c1-2-18-11-5-8-15-14(19)16-12-7-10-17-9-4-3-6-13(12)17/h12-13H,2-11H2,1H3,(H2,15,16,19). The Morgan fingerprint density at radius 1 is 1.32 bits per heavy atom. The second kappa shape index (κ2) is 8.02. The molecule has 2 heterocycles. The van der Waals surface area contributed by atoms with E-state index in [-0.39, 0.29) is 0 Å². The van der Waals surface area contributed by atoms with Crippen molar-refractivity contribution in [3.8, 4) is 0 Å². The van der Waals surface area contributed by atoms with E-state index in [1.807, 2.05) is 6.92 Å². The van der Waals surface area contributed by atoms with Crippen LogP contribution in [0.4, 0.5) is 0 Å². The molecule has 0 radical (unpaired) electrons. The number of nitrogens with one attached hydrogen (secondary N) is 2. The average molecular weight is 285 g/mol. The number of piperidine rings is 1. The van der Waals surface area contributed by atoms with E-state index in [9.17, 15) is 0 Å². The highest BCUT2D eigenvalue weighted by atomic mass is 32.1. The molecule has 2 fully saturated rings. The molecule has 0 aromatic heterocycles. The Balaban J connectivity index is 1.62. The van der Waals surface area contributed by atoms with Crippen LogP contribution in [-0.4, -0.2) is 54.9 Å². The lowest BCUT2D eigenvalue weighted by atomic mass is 9.99. The minimum absolute atomic E-state index is 0.548. The molecule has 0 spiro atoms. The van der Waals surface area contributed by atoms with Crippen molar-refractivity contribution in [3.05, 3.63) is 0 Å². The molecule has 5 heteroatoms. The Hall–Kier alpha value is -0.390. The zero-order chi connectivity index (χ0) is 13.5.